The van der Waals surface area contributed by atoms with Crippen molar-refractivity contribution in [3.8, 4) is 0 Å². The molecule has 0 aromatic heterocycles. The standard InChI is InChI=1S/C21H32O3/c1-15(11-13-24-14-23-5)6-8-17-16(2)7-9-18-20(17)19(22)10-12-21(18,3)4/h7,10-12,17-18,20H,6,8-9,13-14H2,1-5H3/b15-11+/t17-,18+,20-/m0/s1. The van der Waals surface area contributed by atoms with Crippen molar-refractivity contribution in [2.24, 2.45) is 23.2 Å². The van der Waals surface area contributed by atoms with E-state index in [-0.39, 0.29) is 11.3 Å². The van der Waals surface area contributed by atoms with Gasteiger partial charge in [0.2, 0.25) is 0 Å². The molecule has 0 bridgehead atoms. The van der Waals surface area contributed by atoms with E-state index in [0.717, 1.165) is 19.3 Å². The minimum Gasteiger partial charge on any atom is -0.359 e. The Bertz CT molecular complexity index is 539. The van der Waals surface area contributed by atoms with Crippen molar-refractivity contribution in [3.05, 3.63) is 35.5 Å². The van der Waals surface area contributed by atoms with Crippen LogP contribution in [0.15, 0.2) is 35.5 Å². The highest BCUT2D eigenvalue weighted by atomic mass is 16.7. The number of ether oxygens (including phenoxy) is 2. The van der Waals surface area contributed by atoms with Crippen molar-refractivity contribution in [1.82, 2.24) is 0 Å². The number of hydrogen-bond acceptors (Lipinski definition) is 3. The van der Waals surface area contributed by atoms with Crippen LogP contribution in [0.3, 0.4) is 0 Å². The summed E-state index contributed by atoms with van der Waals surface area (Å²) in [4.78, 5) is 12.6. The predicted molar refractivity (Wildman–Crippen MR) is 97.6 cm³/mol. The molecule has 3 nitrogen and oxygen atoms in total. The fraction of sp³-hybridized carbons (Fsp3) is 0.667. The van der Waals surface area contributed by atoms with Crippen LogP contribution in [0.25, 0.3) is 0 Å². The third-order valence-corrected chi connectivity index (χ3v) is 5.71. The normalized spacial score (nSPS) is 29.4. The van der Waals surface area contributed by atoms with Crippen LogP contribution >= 0.6 is 0 Å². The molecule has 0 radical (unpaired) electrons. The zero-order chi connectivity index (χ0) is 17.7. The largest absolute Gasteiger partial charge is 0.359 e. The minimum absolute atomic E-state index is 0.104. The number of rotatable bonds is 7. The Balaban J connectivity index is 2.03. The number of fused-ring (bicyclic) bond motifs is 1. The van der Waals surface area contributed by atoms with Crippen LogP contribution in [0.4, 0.5) is 0 Å². The van der Waals surface area contributed by atoms with Crippen molar-refractivity contribution in [2.45, 2.75) is 47.0 Å². The predicted octanol–water partition coefficient (Wildman–Crippen LogP) is 4.70. The summed E-state index contributed by atoms with van der Waals surface area (Å²) in [6.07, 6.45) is 11.5. The second-order valence-corrected chi connectivity index (χ2v) is 7.85. The Morgan fingerprint density at radius 1 is 1.42 bits per heavy atom. The summed E-state index contributed by atoms with van der Waals surface area (Å²) in [6, 6.07) is 0. The topological polar surface area (TPSA) is 35.5 Å². The van der Waals surface area contributed by atoms with Crippen molar-refractivity contribution < 1.29 is 14.3 Å². The molecule has 0 fully saturated rings. The lowest BCUT2D eigenvalue weighted by atomic mass is 9.57. The number of allylic oxidation sites excluding steroid dienone is 5. The van der Waals surface area contributed by atoms with Crippen molar-refractivity contribution >= 4 is 5.78 Å². The summed E-state index contributed by atoms with van der Waals surface area (Å²) in [5, 5.41) is 0. The maximum atomic E-state index is 12.6. The van der Waals surface area contributed by atoms with Crippen LogP contribution in [0.5, 0.6) is 0 Å². The molecule has 0 spiro atoms. The first-order valence-electron chi connectivity index (χ1n) is 8.99. The van der Waals surface area contributed by atoms with Gasteiger partial charge in [-0.05, 0) is 56.4 Å². The van der Waals surface area contributed by atoms with E-state index in [1.807, 2.05) is 6.08 Å². The van der Waals surface area contributed by atoms with E-state index in [0.29, 0.717) is 31.0 Å². The Kier molecular flexibility index (Phi) is 6.59. The Morgan fingerprint density at radius 3 is 2.88 bits per heavy atom. The number of methoxy groups -OCH3 is 1. The molecule has 0 heterocycles. The highest BCUT2D eigenvalue weighted by Crippen LogP contribution is 2.49. The third kappa shape index (κ3) is 4.46. The van der Waals surface area contributed by atoms with E-state index in [2.05, 4.69) is 45.9 Å². The number of carbonyl (C=O) groups excluding carboxylic acids is 1. The van der Waals surface area contributed by atoms with E-state index < -0.39 is 0 Å². The Hall–Kier alpha value is -1.19. The Labute approximate surface area is 146 Å². The van der Waals surface area contributed by atoms with E-state index in [1.165, 1.54) is 11.1 Å². The lowest BCUT2D eigenvalue weighted by molar-refractivity contribution is -0.124. The van der Waals surface area contributed by atoms with Gasteiger partial charge >= 0.3 is 0 Å². The fourth-order valence-electron chi connectivity index (χ4n) is 4.09. The van der Waals surface area contributed by atoms with Gasteiger partial charge in [-0.15, -0.1) is 0 Å². The summed E-state index contributed by atoms with van der Waals surface area (Å²) in [5.41, 5.74) is 2.81. The van der Waals surface area contributed by atoms with Gasteiger partial charge in [0.1, 0.15) is 6.79 Å². The molecule has 2 rings (SSSR count). The third-order valence-electron chi connectivity index (χ3n) is 5.71. The molecule has 0 aromatic carbocycles. The van der Waals surface area contributed by atoms with E-state index in [9.17, 15) is 4.79 Å². The van der Waals surface area contributed by atoms with Crippen LogP contribution in [-0.2, 0) is 14.3 Å². The van der Waals surface area contributed by atoms with Gasteiger partial charge in [-0.2, -0.15) is 0 Å². The molecule has 0 saturated carbocycles. The van der Waals surface area contributed by atoms with E-state index in [4.69, 9.17) is 9.47 Å². The second-order valence-electron chi connectivity index (χ2n) is 7.85. The molecular weight excluding hydrogens is 300 g/mol. The molecule has 24 heavy (non-hydrogen) atoms. The molecule has 0 unspecified atom stereocenters. The molecule has 3 atom stereocenters. The van der Waals surface area contributed by atoms with Crippen molar-refractivity contribution in [3.63, 3.8) is 0 Å². The minimum atomic E-state index is 0.104. The molecular formula is C21H32O3. The molecule has 0 aromatic rings. The molecule has 2 aliphatic rings. The SMILES string of the molecule is COCOC/C=C(\C)CC[C@H]1C(C)=CC[C@@H]2[C@H]1C(=O)C=CC2(C)C. The quantitative estimate of drug-likeness (QED) is 0.385. The van der Waals surface area contributed by atoms with Gasteiger partial charge in [-0.1, -0.05) is 43.2 Å². The first-order chi connectivity index (χ1) is 11.4. The highest BCUT2D eigenvalue weighted by molar-refractivity contribution is 5.93. The zero-order valence-electron chi connectivity index (χ0n) is 15.8. The van der Waals surface area contributed by atoms with Gasteiger partial charge in [0, 0.05) is 13.0 Å². The van der Waals surface area contributed by atoms with Crippen molar-refractivity contribution in [2.75, 3.05) is 20.5 Å². The van der Waals surface area contributed by atoms with Gasteiger partial charge in [-0.3, -0.25) is 4.79 Å². The highest BCUT2D eigenvalue weighted by Gasteiger charge is 2.45. The lowest BCUT2D eigenvalue weighted by Crippen LogP contribution is -2.43. The van der Waals surface area contributed by atoms with E-state index in [1.54, 1.807) is 7.11 Å². The monoisotopic (exact) mass is 332 g/mol. The second kappa shape index (κ2) is 8.26. The molecule has 0 N–H and O–H groups in total. The summed E-state index contributed by atoms with van der Waals surface area (Å²) >= 11 is 0. The van der Waals surface area contributed by atoms with Gasteiger partial charge in [0.05, 0.1) is 6.61 Å². The fourth-order valence-corrected chi connectivity index (χ4v) is 4.09. The maximum Gasteiger partial charge on any atom is 0.159 e. The van der Waals surface area contributed by atoms with Crippen LogP contribution < -0.4 is 0 Å². The number of carbonyl (C=O) groups is 1. The summed E-state index contributed by atoms with van der Waals surface area (Å²) in [6.45, 7) is 9.77. The van der Waals surface area contributed by atoms with Crippen LogP contribution in [0, 0.1) is 23.2 Å². The summed E-state index contributed by atoms with van der Waals surface area (Å²) in [7, 11) is 1.63. The Morgan fingerprint density at radius 2 is 2.17 bits per heavy atom. The maximum absolute atomic E-state index is 12.6. The average Bonchev–Trinajstić information content (AvgIpc) is 2.54. The first kappa shape index (κ1) is 19.1. The first-order valence-corrected chi connectivity index (χ1v) is 8.99. The number of hydrogen-bond donors (Lipinski definition) is 0. The van der Waals surface area contributed by atoms with Gasteiger partial charge in [0.25, 0.3) is 0 Å². The molecule has 0 saturated heterocycles. The smallest absolute Gasteiger partial charge is 0.159 e. The molecule has 2 aliphatic carbocycles. The average molecular weight is 332 g/mol. The summed E-state index contributed by atoms with van der Waals surface area (Å²) in [5.74, 6) is 1.26. The molecule has 134 valence electrons. The van der Waals surface area contributed by atoms with Gasteiger partial charge in [0.15, 0.2) is 5.78 Å². The van der Waals surface area contributed by atoms with Crippen molar-refractivity contribution in [1.29, 1.82) is 0 Å². The van der Waals surface area contributed by atoms with Crippen LogP contribution in [0.1, 0.15) is 47.0 Å². The van der Waals surface area contributed by atoms with E-state index >= 15 is 0 Å². The lowest BCUT2D eigenvalue weighted by Gasteiger charge is -2.45. The van der Waals surface area contributed by atoms with Gasteiger partial charge in [-0.25, -0.2) is 0 Å². The van der Waals surface area contributed by atoms with Crippen LogP contribution in [-0.4, -0.2) is 26.3 Å². The van der Waals surface area contributed by atoms with Gasteiger partial charge < -0.3 is 9.47 Å². The zero-order valence-corrected chi connectivity index (χ0v) is 15.8. The number of ketones is 1. The molecule has 0 amide bonds. The summed E-state index contributed by atoms with van der Waals surface area (Å²) < 4.78 is 10.2. The molecule has 0 aliphatic heterocycles. The molecule has 3 heteroatoms. The van der Waals surface area contributed by atoms with Crippen LogP contribution in [0.2, 0.25) is 0 Å².